The van der Waals surface area contributed by atoms with Gasteiger partial charge in [0.1, 0.15) is 5.69 Å². The van der Waals surface area contributed by atoms with E-state index in [2.05, 4.69) is 4.98 Å². The van der Waals surface area contributed by atoms with E-state index >= 15 is 0 Å². The first kappa shape index (κ1) is 9.10. The van der Waals surface area contributed by atoms with Gasteiger partial charge in [-0.2, -0.15) is 8.78 Å². The molecule has 0 aliphatic carbocycles. The monoisotopic (exact) mass is 171 g/mol. The Hall–Kier alpha value is -0.990. The number of hydrogen-bond acceptors (Lipinski definition) is 1. The first-order chi connectivity index (χ1) is 5.41. The third-order valence-electron chi connectivity index (χ3n) is 1.80. The van der Waals surface area contributed by atoms with Gasteiger partial charge >= 0.3 is 0 Å². The van der Waals surface area contributed by atoms with Gasteiger partial charge in [-0.3, -0.25) is 4.98 Å². The van der Waals surface area contributed by atoms with Gasteiger partial charge in [-0.25, -0.2) is 0 Å². The number of alkyl halides is 2. The molecule has 0 atom stereocenters. The number of rotatable bonds is 1. The highest BCUT2D eigenvalue weighted by Crippen LogP contribution is 2.25. The van der Waals surface area contributed by atoms with E-state index in [0.717, 1.165) is 12.5 Å². The van der Waals surface area contributed by atoms with Gasteiger partial charge in [0.05, 0.1) is 0 Å². The van der Waals surface area contributed by atoms with Crippen LogP contribution in [0.15, 0.2) is 12.1 Å². The number of aromatic nitrogens is 1. The highest BCUT2D eigenvalue weighted by Gasteiger charge is 2.25. The molecule has 0 aliphatic rings. The molecule has 0 saturated heterocycles. The highest BCUT2D eigenvalue weighted by molar-refractivity contribution is 5.22. The van der Waals surface area contributed by atoms with Crippen molar-refractivity contribution < 1.29 is 8.78 Å². The van der Waals surface area contributed by atoms with Crippen molar-refractivity contribution in [2.45, 2.75) is 26.7 Å². The maximum Gasteiger partial charge on any atom is 0.286 e. The van der Waals surface area contributed by atoms with Gasteiger partial charge < -0.3 is 0 Å². The second-order valence-electron chi connectivity index (χ2n) is 2.99. The molecule has 0 spiro atoms. The van der Waals surface area contributed by atoms with E-state index in [0.29, 0.717) is 5.69 Å². The van der Waals surface area contributed by atoms with Gasteiger partial charge in [0.15, 0.2) is 0 Å². The maximum atomic E-state index is 12.7. The summed E-state index contributed by atoms with van der Waals surface area (Å²) in [6.45, 7) is 4.43. The summed E-state index contributed by atoms with van der Waals surface area (Å²) in [6, 6.07) is 3.03. The average Bonchev–Trinajstić information content (AvgIpc) is 1.92. The van der Waals surface area contributed by atoms with Gasteiger partial charge in [-0.05, 0) is 25.5 Å². The molecule has 0 N–H and O–H groups in total. The van der Waals surface area contributed by atoms with Crippen LogP contribution < -0.4 is 0 Å². The van der Waals surface area contributed by atoms with Crippen molar-refractivity contribution in [2.24, 2.45) is 0 Å². The number of halogens is 2. The third kappa shape index (κ3) is 1.78. The Morgan fingerprint density at radius 3 is 2.25 bits per heavy atom. The Bertz CT molecular complexity index is 289. The second-order valence-corrected chi connectivity index (χ2v) is 2.99. The Balaban J connectivity index is 3.14. The standard InChI is InChI=1S/C9H11F2N/c1-6-4-5-8(9(3,10)11)12-7(6)2/h4-5H,1-3H3. The smallest absolute Gasteiger partial charge is 0.252 e. The van der Waals surface area contributed by atoms with Gasteiger partial charge in [0.2, 0.25) is 0 Å². The number of pyridine rings is 1. The number of aryl methyl sites for hydroxylation is 2. The van der Waals surface area contributed by atoms with E-state index in [1.807, 2.05) is 6.92 Å². The van der Waals surface area contributed by atoms with Crippen LogP contribution in [0.3, 0.4) is 0 Å². The summed E-state index contributed by atoms with van der Waals surface area (Å²) in [5, 5.41) is 0. The fraction of sp³-hybridized carbons (Fsp3) is 0.444. The normalized spacial score (nSPS) is 11.8. The number of nitrogens with zero attached hydrogens (tertiary/aromatic N) is 1. The first-order valence-corrected chi connectivity index (χ1v) is 3.74. The molecule has 0 aliphatic heterocycles. The first-order valence-electron chi connectivity index (χ1n) is 3.74. The van der Waals surface area contributed by atoms with Crippen molar-refractivity contribution in [3.63, 3.8) is 0 Å². The third-order valence-corrected chi connectivity index (χ3v) is 1.80. The van der Waals surface area contributed by atoms with E-state index in [1.165, 1.54) is 6.07 Å². The molecule has 1 aromatic rings. The fourth-order valence-electron chi connectivity index (χ4n) is 0.875. The molecule has 0 unspecified atom stereocenters. The minimum Gasteiger partial charge on any atom is -0.252 e. The largest absolute Gasteiger partial charge is 0.286 e. The Kier molecular flexibility index (Phi) is 2.13. The summed E-state index contributed by atoms with van der Waals surface area (Å²) in [6.07, 6.45) is 0. The molecule has 12 heavy (non-hydrogen) atoms. The highest BCUT2D eigenvalue weighted by atomic mass is 19.3. The summed E-state index contributed by atoms with van der Waals surface area (Å²) in [4.78, 5) is 3.79. The lowest BCUT2D eigenvalue weighted by atomic mass is 10.1. The fourth-order valence-corrected chi connectivity index (χ4v) is 0.875. The molecule has 1 nitrogen and oxygen atoms in total. The molecule has 3 heteroatoms. The Morgan fingerprint density at radius 1 is 1.25 bits per heavy atom. The van der Waals surface area contributed by atoms with Crippen molar-refractivity contribution >= 4 is 0 Å². The van der Waals surface area contributed by atoms with Crippen molar-refractivity contribution in [3.8, 4) is 0 Å². The van der Waals surface area contributed by atoms with Crippen LogP contribution in [0.4, 0.5) is 8.78 Å². The van der Waals surface area contributed by atoms with E-state index in [4.69, 9.17) is 0 Å². The molecule has 0 aromatic carbocycles. The Morgan fingerprint density at radius 2 is 1.83 bits per heavy atom. The van der Waals surface area contributed by atoms with E-state index < -0.39 is 5.92 Å². The van der Waals surface area contributed by atoms with E-state index in [-0.39, 0.29) is 5.69 Å². The molecule has 0 saturated carbocycles. The molecular weight excluding hydrogens is 160 g/mol. The van der Waals surface area contributed by atoms with Crippen LogP contribution >= 0.6 is 0 Å². The summed E-state index contributed by atoms with van der Waals surface area (Å²) < 4.78 is 25.4. The molecule has 0 fully saturated rings. The molecular formula is C9H11F2N. The lowest BCUT2D eigenvalue weighted by Crippen LogP contribution is -2.10. The van der Waals surface area contributed by atoms with Gasteiger partial charge in [-0.1, -0.05) is 6.07 Å². The minimum absolute atomic E-state index is 0.161. The van der Waals surface area contributed by atoms with Gasteiger partial charge in [0, 0.05) is 12.6 Å². The van der Waals surface area contributed by atoms with Gasteiger partial charge in [-0.15, -0.1) is 0 Å². The topological polar surface area (TPSA) is 12.9 Å². The zero-order valence-electron chi connectivity index (χ0n) is 7.36. The van der Waals surface area contributed by atoms with Gasteiger partial charge in [0.25, 0.3) is 5.92 Å². The van der Waals surface area contributed by atoms with Crippen LogP contribution in [0.1, 0.15) is 23.9 Å². The molecule has 1 aromatic heterocycles. The summed E-state index contributed by atoms with van der Waals surface area (Å²) >= 11 is 0. The van der Waals surface area contributed by atoms with Crippen LogP contribution in [-0.2, 0) is 5.92 Å². The van der Waals surface area contributed by atoms with Crippen LogP contribution in [0.5, 0.6) is 0 Å². The predicted octanol–water partition coefficient (Wildman–Crippen LogP) is 2.81. The van der Waals surface area contributed by atoms with E-state index in [9.17, 15) is 8.78 Å². The van der Waals surface area contributed by atoms with Crippen molar-refractivity contribution in [2.75, 3.05) is 0 Å². The summed E-state index contributed by atoms with van der Waals surface area (Å²) in [5.74, 6) is -2.83. The van der Waals surface area contributed by atoms with Crippen molar-refractivity contribution in [3.05, 3.63) is 29.1 Å². The van der Waals surface area contributed by atoms with Crippen LogP contribution in [0.2, 0.25) is 0 Å². The Labute approximate surface area is 70.4 Å². The average molecular weight is 171 g/mol. The predicted molar refractivity (Wildman–Crippen MR) is 43.3 cm³/mol. The number of hydrogen-bond donors (Lipinski definition) is 0. The SMILES string of the molecule is Cc1ccc(C(C)(F)F)nc1C. The van der Waals surface area contributed by atoms with Crippen molar-refractivity contribution in [1.29, 1.82) is 0 Å². The lowest BCUT2D eigenvalue weighted by molar-refractivity contribution is 0.0126. The second kappa shape index (κ2) is 2.81. The van der Waals surface area contributed by atoms with Crippen LogP contribution in [0, 0.1) is 13.8 Å². The van der Waals surface area contributed by atoms with Crippen LogP contribution in [0.25, 0.3) is 0 Å². The maximum absolute atomic E-state index is 12.7. The summed E-state index contributed by atoms with van der Waals surface area (Å²) in [7, 11) is 0. The zero-order valence-corrected chi connectivity index (χ0v) is 7.36. The van der Waals surface area contributed by atoms with Crippen LogP contribution in [-0.4, -0.2) is 4.98 Å². The molecule has 1 rings (SSSR count). The summed E-state index contributed by atoms with van der Waals surface area (Å²) in [5.41, 5.74) is 1.43. The minimum atomic E-state index is -2.83. The molecule has 0 bridgehead atoms. The van der Waals surface area contributed by atoms with E-state index in [1.54, 1.807) is 13.0 Å². The quantitative estimate of drug-likeness (QED) is 0.633. The van der Waals surface area contributed by atoms with Crippen molar-refractivity contribution in [1.82, 2.24) is 4.98 Å². The molecule has 0 amide bonds. The molecule has 66 valence electrons. The zero-order chi connectivity index (χ0) is 9.35. The lowest BCUT2D eigenvalue weighted by Gasteiger charge is -2.10. The molecule has 1 heterocycles. The molecule has 0 radical (unpaired) electrons.